The lowest BCUT2D eigenvalue weighted by atomic mass is 10.0. The van der Waals surface area contributed by atoms with Crippen LogP contribution in [0.25, 0.3) is 0 Å². The molecule has 1 fully saturated rings. The summed E-state index contributed by atoms with van der Waals surface area (Å²) in [5.74, 6) is 0. The number of aliphatic hydroxyl groups excluding tert-OH is 1. The molecule has 2 unspecified atom stereocenters. The molecule has 7 nitrogen and oxygen atoms in total. The zero-order valence-electron chi connectivity index (χ0n) is 26.1. The van der Waals surface area contributed by atoms with Gasteiger partial charge in [0, 0.05) is 19.1 Å². The normalized spacial score (nSPS) is 21.0. The summed E-state index contributed by atoms with van der Waals surface area (Å²) in [6.07, 6.45) is 23.9. The minimum Gasteiger partial charge on any atom is -0.394 e. The van der Waals surface area contributed by atoms with Crippen LogP contribution in [0.5, 0.6) is 0 Å². The van der Waals surface area contributed by atoms with Crippen molar-refractivity contribution in [1.82, 2.24) is 0 Å². The molecule has 0 bridgehead atoms. The second-order valence-electron chi connectivity index (χ2n) is 12.3. The van der Waals surface area contributed by atoms with Crippen molar-refractivity contribution in [2.75, 3.05) is 66.8 Å². The van der Waals surface area contributed by atoms with E-state index < -0.39 is 8.80 Å². The van der Waals surface area contributed by atoms with E-state index in [2.05, 4.69) is 21.0 Å². The predicted molar refractivity (Wildman–Crippen MR) is 163 cm³/mol. The largest absolute Gasteiger partial charge is 0.498 e. The monoisotopic (exact) mass is 576 g/mol. The highest BCUT2D eigenvalue weighted by molar-refractivity contribution is 6.59. The van der Waals surface area contributed by atoms with Crippen LogP contribution < -0.4 is 0 Å². The maximum atomic E-state index is 11.0. The van der Waals surface area contributed by atoms with Crippen molar-refractivity contribution in [2.45, 2.75) is 135 Å². The van der Waals surface area contributed by atoms with E-state index in [0.29, 0.717) is 45.5 Å². The maximum absolute atomic E-state index is 11.0. The van der Waals surface area contributed by atoms with Crippen molar-refractivity contribution < 1.29 is 32.7 Å². The third-order valence-corrected chi connectivity index (χ3v) is 10.2. The molecule has 234 valence electrons. The van der Waals surface area contributed by atoms with Crippen LogP contribution in [0.3, 0.4) is 0 Å². The van der Waals surface area contributed by atoms with Crippen molar-refractivity contribution in [2.24, 2.45) is 0 Å². The molecule has 8 heteroatoms. The lowest BCUT2D eigenvalue weighted by Crippen LogP contribution is -2.46. The van der Waals surface area contributed by atoms with Crippen LogP contribution in [0.4, 0.5) is 0 Å². The number of aliphatic hydroxyl groups is 1. The number of hydrogen-bond donors (Lipinski definition) is 2. The highest BCUT2D eigenvalue weighted by Crippen LogP contribution is 2.19. The third-order valence-electron chi connectivity index (χ3n) is 7.94. The number of quaternary nitrogens is 1. The van der Waals surface area contributed by atoms with Gasteiger partial charge in [-0.15, -0.1) is 0 Å². The molecule has 2 atom stereocenters. The predicted octanol–water partition coefficient (Wildman–Crippen LogP) is 6.48. The highest BCUT2D eigenvalue weighted by atomic mass is 28.4. The Bertz CT molecular complexity index is 541. The second kappa shape index (κ2) is 24.5. The van der Waals surface area contributed by atoms with Crippen molar-refractivity contribution in [1.29, 1.82) is 0 Å². The Kier molecular flexibility index (Phi) is 23.2. The van der Waals surface area contributed by atoms with Gasteiger partial charge in [0.1, 0.15) is 0 Å². The Balaban J connectivity index is 2.01. The molecule has 1 aliphatic rings. The van der Waals surface area contributed by atoms with Crippen LogP contribution in [-0.2, 0) is 18.3 Å². The molecule has 0 saturated carbocycles. The Morgan fingerprint density at radius 2 is 1.23 bits per heavy atom. The molecular formula is C31H66NO6Si+. The summed E-state index contributed by atoms with van der Waals surface area (Å²) in [5.41, 5.74) is 0. The minimum atomic E-state index is -3.17. The molecule has 2 N–H and O–H groups in total. The average Bonchev–Trinajstić information content (AvgIpc) is 2.99. The highest BCUT2D eigenvalue weighted by Gasteiger charge is 2.38. The molecule has 1 aliphatic heterocycles. The molecule has 0 aromatic carbocycles. The number of ether oxygens (including phenoxy) is 2. The van der Waals surface area contributed by atoms with Crippen LogP contribution in [0.2, 0.25) is 6.04 Å². The molecule has 1 saturated heterocycles. The standard InChI is InChI=1S/C31H66NO6Si/c1-4-5-6-7-8-9-10-11-12-13-14-15-16-17-18-19-22-32(2,3)23-20-29-39(34)37-25-21-31(30-35-26-24-33)36-27-28-38-39/h31,33-34H,4-30H2,1-3H3/q+1. The summed E-state index contributed by atoms with van der Waals surface area (Å²) in [5, 5.41) is 8.86. The fourth-order valence-electron chi connectivity index (χ4n) is 5.38. The summed E-state index contributed by atoms with van der Waals surface area (Å²) in [4.78, 5) is 11.0. The van der Waals surface area contributed by atoms with Crippen molar-refractivity contribution in [3.63, 3.8) is 0 Å². The van der Waals surface area contributed by atoms with Gasteiger partial charge in [0.2, 0.25) is 0 Å². The van der Waals surface area contributed by atoms with Crippen molar-refractivity contribution >= 4 is 8.80 Å². The minimum absolute atomic E-state index is 0.00727. The first-order valence-corrected chi connectivity index (χ1v) is 18.5. The maximum Gasteiger partial charge on any atom is 0.498 e. The molecule has 0 spiro atoms. The molecule has 1 rings (SSSR count). The van der Waals surface area contributed by atoms with Crippen LogP contribution in [0, 0.1) is 0 Å². The lowest BCUT2D eigenvalue weighted by molar-refractivity contribution is -0.890. The Morgan fingerprint density at radius 3 is 1.79 bits per heavy atom. The van der Waals surface area contributed by atoms with E-state index in [1.54, 1.807) is 0 Å². The smallest absolute Gasteiger partial charge is 0.394 e. The second-order valence-corrected chi connectivity index (χ2v) is 14.8. The topological polar surface area (TPSA) is 77.4 Å². The summed E-state index contributed by atoms with van der Waals surface area (Å²) in [6.45, 7) is 6.41. The van der Waals surface area contributed by atoms with E-state index >= 15 is 0 Å². The van der Waals surface area contributed by atoms with E-state index in [9.17, 15) is 4.80 Å². The van der Waals surface area contributed by atoms with Gasteiger partial charge < -0.3 is 32.7 Å². The van der Waals surface area contributed by atoms with Gasteiger partial charge in [0.15, 0.2) is 0 Å². The van der Waals surface area contributed by atoms with E-state index in [-0.39, 0.29) is 12.7 Å². The average molecular weight is 577 g/mol. The number of unbranched alkanes of at least 4 members (excludes halogenated alkanes) is 15. The number of hydrogen-bond acceptors (Lipinski definition) is 6. The molecule has 1 heterocycles. The van der Waals surface area contributed by atoms with E-state index in [0.717, 1.165) is 17.4 Å². The Labute approximate surface area is 242 Å². The summed E-state index contributed by atoms with van der Waals surface area (Å²) >= 11 is 0. The first-order valence-electron chi connectivity index (χ1n) is 16.5. The van der Waals surface area contributed by atoms with Crippen LogP contribution in [0.15, 0.2) is 0 Å². The summed E-state index contributed by atoms with van der Waals surface area (Å²) in [6, 6.07) is 0.597. The van der Waals surface area contributed by atoms with Crippen LogP contribution in [-0.4, -0.2) is 96.1 Å². The molecular weight excluding hydrogens is 510 g/mol. The zero-order valence-corrected chi connectivity index (χ0v) is 27.1. The molecule has 0 radical (unpaired) electrons. The van der Waals surface area contributed by atoms with Crippen molar-refractivity contribution in [3.8, 4) is 0 Å². The number of nitrogens with zero attached hydrogens (tertiary/aromatic N) is 1. The number of rotatable bonds is 25. The van der Waals surface area contributed by atoms with Gasteiger partial charge in [-0.1, -0.05) is 96.8 Å². The molecule has 39 heavy (non-hydrogen) atoms. The summed E-state index contributed by atoms with van der Waals surface area (Å²) < 4.78 is 23.8. The SMILES string of the molecule is CCCCCCCCCCCCCCCCCC[N+](C)(C)CCC[Si]1(O)OCCOC(COCCO)CCO1. The van der Waals surface area contributed by atoms with E-state index in [1.165, 1.54) is 109 Å². The fourth-order valence-corrected chi connectivity index (χ4v) is 7.19. The van der Waals surface area contributed by atoms with Gasteiger partial charge in [-0.25, -0.2) is 0 Å². The first kappa shape index (κ1) is 37.0. The zero-order chi connectivity index (χ0) is 28.5. The quantitative estimate of drug-likeness (QED) is 0.0736. The molecule has 0 amide bonds. The summed E-state index contributed by atoms with van der Waals surface area (Å²) in [7, 11) is 1.43. The van der Waals surface area contributed by atoms with Gasteiger partial charge in [-0.2, -0.15) is 0 Å². The third kappa shape index (κ3) is 22.2. The Morgan fingerprint density at radius 1 is 0.718 bits per heavy atom. The van der Waals surface area contributed by atoms with Gasteiger partial charge in [0.25, 0.3) is 0 Å². The first-order chi connectivity index (χ1) is 18.9. The molecule has 0 aromatic heterocycles. The van der Waals surface area contributed by atoms with Crippen molar-refractivity contribution in [3.05, 3.63) is 0 Å². The van der Waals surface area contributed by atoms with Crippen LogP contribution in [0.1, 0.15) is 122 Å². The van der Waals surface area contributed by atoms with Gasteiger partial charge in [0.05, 0.1) is 66.3 Å². The molecule has 0 aliphatic carbocycles. The van der Waals surface area contributed by atoms with E-state index in [4.69, 9.17) is 23.4 Å². The van der Waals surface area contributed by atoms with Gasteiger partial charge in [-0.05, 0) is 19.3 Å². The fraction of sp³-hybridized carbons (Fsp3) is 1.00. The lowest BCUT2D eigenvalue weighted by Gasteiger charge is -2.31. The molecule has 0 aromatic rings. The van der Waals surface area contributed by atoms with E-state index in [1.807, 2.05) is 0 Å². The Hall–Kier alpha value is -0.0631. The van der Waals surface area contributed by atoms with Gasteiger partial charge in [-0.3, -0.25) is 0 Å². The van der Waals surface area contributed by atoms with Gasteiger partial charge >= 0.3 is 8.80 Å². The van der Waals surface area contributed by atoms with Crippen LogP contribution >= 0.6 is 0 Å².